The molecular weight excluding hydrogens is 175 g/mol. The van der Waals surface area contributed by atoms with E-state index < -0.39 is 10.1 Å². The first-order valence-corrected chi connectivity index (χ1v) is 4.50. The van der Waals surface area contributed by atoms with Crippen molar-refractivity contribution in [1.82, 2.24) is 0 Å². The van der Waals surface area contributed by atoms with Crippen LogP contribution in [-0.2, 0) is 14.3 Å². The molecule has 0 heterocycles. The third kappa shape index (κ3) is 8.38. The zero-order chi connectivity index (χ0) is 8.04. The van der Waals surface area contributed by atoms with Gasteiger partial charge >= 0.3 is 29.6 Å². The Balaban J connectivity index is -0.000000405. The monoisotopic (exact) mass is 186 g/mol. The van der Waals surface area contributed by atoms with E-state index >= 15 is 0 Å². The van der Waals surface area contributed by atoms with Crippen LogP contribution in [0.1, 0.15) is 14.8 Å². The molecule has 0 N–H and O–H groups in total. The number of hydrogen-bond acceptors (Lipinski definition) is 3. The molecule has 0 unspecified atom stereocenters. The predicted molar refractivity (Wildman–Crippen MR) is 40.0 cm³/mol. The minimum absolute atomic E-state index is 0. The van der Waals surface area contributed by atoms with Crippen molar-refractivity contribution in [3.8, 4) is 12.3 Å². The molecule has 0 saturated carbocycles. The van der Waals surface area contributed by atoms with Gasteiger partial charge in [0.15, 0.2) is 0 Å². The summed E-state index contributed by atoms with van der Waals surface area (Å²) >= 11 is 0. The molecule has 0 spiro atoms. The molecule has 5 heteroatoms. The number of hydrogen-bond donors (Lipinski definition) is 0. The molecule has 0 aliphatic heterocycles. The van der Waals surface area contributed by atoms with Crippen LogP contribution in [0.2, 0.25) is 0 Å². The largest absolute Gasteiger partial charge is 1.00 e. The van der Waals surface area contributed by atoms with Crippen molar-refractivity contribution in [2.45, 2.75) is 13.3 Å². The average Bonchev–Trinajstić information content (AvgIpc) is 1.84. The van der Waals surface area contributed by atoms with E-state index in [0.29, 0.717) is 6.42 Å². The zero-order valence-electron chi connectivity index (χ0n) is 7.83. The summed E-state index contributed by atoms with van der Waals surface area (Å²) in [6.07, 6.45) is 5.45. The first-order valence-electron chi connectivity index (χ1n) is 2.93. The van der Waals surface area contributed by atoms with Gasteiger partial charge in [0.2, 0.25) is 0 Å². The Morgan fingerprint density at radius 1 is 1.64 bits per heavy atom. The first-order chi connectivity index (χ1) is 4.62. The second-order valence-corrected chi connectivity index (χ2v) is 3.37. The molecule has 0 saturated heterocycles. The van der Waals surface area contributed by atoms with E-state index in [0.717, 1.165) is 0 Å². The van der Waals surface area contributed by atoms with Crippen LogP contribution in [0.5, 0.6) is 0 Å². The van der Waals surface area contributed by atoms with Crippen LogP contribution in [0.25, 0.3) is 0 Å². The van der Waals surface area contributed by atoms with Gasteiger partial charge < -0.3 is 1.43 Å². The SMILES string of the molecule is C#CCS(=O)(=O)OCCC.[H-].[Na+]. The fourth-order valence-corrected chi connectivity index (χ4v) is 1.06. The van der Waals surface area contributed by atoms with E-state index in [4.69, 9.17) is 6.42 Å². The topological polar surface area (TPSA) is 43.4 Å². The van der Waals surface area contributed by atoms with Gasteiger partial charge in [-0.3, -0.25) is 4.18 Å². The summed E-state index contributed by atoms with van der Waals surface area (Å²) in [6, 6.07) is 0. The Bertz CT molecular complexity index is 219. The summed E-state index contributed by atoms with van der Waals surface area (Å²) < 4.78 is 25.7. The molecule has 0 aromatic carbocycles. The van der Waals surface area contributed by atoms with Crippen LogP contribution in [0.3, 0.4) is 0 Å². The van der Waals surface area contributed by atoms with E-state index in [-0.39, 0.29) is 43.3 Å². The van der Waals surface area contributed by atoms with Gasteiger partial charge in [0.25, 0.3) is 10.1 Å². The van der Waals surface area contributed by atoms with Gasteiger partial charge in [0.05, 0.1) is 6.61 Å². The van der Waals surface area contributed by atoms with Crippen molar-refractivity contribution in [2.24, 2.45) is 0 Å². The average molecular weight is 186 g/mol. The molecule has 60 valence electrons. The van der Waals surface area contributed by atoms with Crippen LogP contribution in [-0.4, -0.2) is 20.8 Å². The Morgan fingerprint density at radius 2 is 2.18 bits per heavy atom. The second-order valence-electron chi connectivity index (χ2n) is 1.73. The molecule has 11 heavy (non-hydrogen) atoms. The fourth-order valence-electron chi connectivity index (χ4n) is 0.354. The molecule has 3 nitrogen and oxygen atoms in total. The first kappa shape index (κ1) is 14.0. The van der Waals surface area contributed by atoms with Crippen LogP contribution < -0.4 is 29.6 Å². The summed E-state index contributed by atoms with van der Waals surface area (Å²) in [4.78, 5) is 0. The summed E-state index contributed by atoms with van der Waals surface area (Å²) in [7, 11) is -3.43. The van der Waals surface area contributed by atoms with Crippen molar-refractivity contribution in [2.75, 3.05) is 12.4 Å². The van der Waals surface area contributed by atoms with Crippen molar-refractivity contribution in [3.63, 3.8) is 0 Å². The van der Waals surface area contributed by atoms with Crippen LogP contribution in [0.15, 0.2) is 0 Å². The minimum Gasteiger partial charge on any atom is -1.00 e. The number of terminal acetylenes is 1. The van der Waals surface area contributed by atoms with E-state index in [2.05, 4.69) is 4.18 Å². The third-order valence-electron chi connectivity index (χ3n) is 0.727. The molecular formula is C6H11NaO3S. The van der Waals surface area contributed by atoms with Gasteiger partial charge in [-0.15, -0.1) is 6.42 Å². The van der Waals surface area contributed by atoms with E-state index in [1.807, 2.05) is 12.8 Å². The van der Waals surface area contributed by atoms with Gasteiger partial charge in [0, 0.05) is 0 Å². The van der Waals surface area contributed by atoms with E-state index in [1.54, 1.807) is 0 Å². The predicted octanol–water partition coefficient (Wildman–Crippen LogP) is -2.51. The molecule has 0 amide bonds. The van der Waals surface area contributed by atoms with Gasteiger partial charge in [-0.05, 0) is 6.42 Å². The molecule has 0 aromatic rings. The van der Waals surface area contributed by atoms with Crippen molar-refractivity contribution in [1.29, 1.82) is 0 Å². The molecule has 0 fully saturated rings. The summed E-state index contributed by atoms with van der Waals surface area (Å²) in [5, 5.41) is 0. The quantitative estimate of drug-likeness (QED) is 0.277. The second kappa shape index (κ2) is 7.14. The molecule has 0 bridgehead atoms. The maximum atomic E-state index is 10.6. The van der Waals surface area contributed by atoms with Gasteiger partial charge in [-0.1, -0.05) is 12.8 Å². The van der Waals surface area contributed by atoms with Crippen molar-refractivity contribution in [3.05, 3.63) is 0 Å². The van der Waals surface area contributed by atoms with Crippen LogP contribution in [0, 0.1) is 12.3 Å². The summed E-state index contributed by atoms with van der Waals surface area (Å²) in [6.45, 7) is 2.04. The summed E-state index contributed by atoms with van der Waals surface area (Å²) in [5.41, 5.74) is 0. The maximum Gasteiger partial charge on any atom is 1.00 e. The smallest absolute Gasteiger partial charge is 1.00 e. The number of rotatable bonds is 4. The maximum absolute atomic E-state index is 10.6. The molecule has 0 radical (unpaired) electrons. The molecule has 0 atom stereocenters. The normalized spacial score (nSPS) is 9.82. The van der Waals surface area contributed by atoms with E-state index in [1.165, 1.54) is 0 Å². The Hall–Kier alpha value is 0.470. The molecule has 0 aliphatic carbocycles. The fraction of sp³-hybridized carbons (Fsp3) is 0.667. The van der Waals surface area contributed by atoms with Crippen molar-refractivity contribution >= 4 is 10.1 Å². The summed E-state index contributed by atoms with van der Waals surface area (Å²) in [5.74, 6) is 1.66. The van der Waals surface area contributed by atoms with E-state index in [9.17, 15) is 8.42 Å². The minimum atomic E-state index is -3.43. The zero-order valence-corrected chi connectivity index (χ0v) is 9.65. The van der Waals surface area contributed by atoms with Gasteiger partial charge in [0.1, 0.15) is 5.75 Å². The Morgan fingerprint density at radius 3 is 2.55 bits per heavy atom. The van der Waals surface area contributed by atoms with Crippen molar-refractivity contribution < 1.29 is 43.6 Å². The molecule has 0 rings (SSSR count). The molecule has 0 aromatic heterocycles. The van der Waals surface area contributed by atoms with Gasteiger partial charge in [-0.2, -0.15) is 8.42 Å². The van der Waals surface area contributed by atoms with Crippen LogP contribution >= 0.6 is 0 Å². The van der Waals surface area contributed by atoms with Gasteiger partial charge in [-0.25, -0.2) is 0 Å². The standard InChI is InChI=1S/C6H10O3S.Na.H/c1-3-5-9-10(7,8)6-4-2;;/h2H,3,5-6H2,1H3;;/q;+1;-1. The molecule has 0 aliphatic rings. The Kier molecular flexibility index (Phi) is 9.10. The Labute approximate surface area is 91.4 Å². The van der Waals surface area contributed by atoms with Crippen LogP contribution in [0.4, 0.5) is 0 Å². The third-order valence-corrected chi connectivity index (χ3v) is 1.77.